The largest absolute Gasteiger partial charge is 0.477 e. The van der Waals surface area contributed by atoms with Crippen molar-refractivity contribution in [3.05, 3.63) is 22.7 Å². The monoisotopic (exact) mass is 208 g/mol. The van der Waals surface area contributed by atoms with Gasteiger partial charge in [-0.1, -0.05) is 0 Å². The number of hydrogen-bond donors (Lipinski definition) is 2. The first-order valence-electron chi connectivity index (χ1n) is 3.97. The third kappa shape index (κ3) is 1.22. The number of carbonyl (C=O) groups is 1. The average Bonchev–Trinajstić information content (AvgIpc) is 2.44. The first kappa shape index (κ1) is 8.96. The second-order valence-corrected chi connectivity index (χ2v) is 4.01. The third-order valence-electron chi connectivity index (χ3n) is 1.92. The van der Waals surface area contributed by atoms with Gasteiger partial charge in [-0.15, -0.1) is 11.3 Å². The molecule has 0 unspecified atom stereocenters. The lowest BCUT2D eigenvalue weighted by Gasteiger charge is -1.93. The molecule has 0 aliphatic heterocycles. The molecule has 5 heteroatoms. The summed E-state index contributed by atoms with van der Waals surface area (Å²) in [5, 5.41) is 9.57. The fourth-order valence-corrected chi connectivity index (χ4v) is 2.15. The highest BCUT2D eigenvalue weighted by molar-refractivity contribution is 7.21. The van der Waals surface area contributed by atoms with Gasteiger partial charge in [0.25, 0.3) is 0 Å². The predicted molar refractivity (Wildman–Crippen MR) is 55.7 cm³/mol. The molecule has 3 N–H and O–H groups in total. The van der Waals surface area contributed by atoms with Crippen molar-refractivity contribution in [1.29, 1.82) is 0 Å². The van der Waals surface area contributed by atoms with Crippen LogP contribution in [-0.2, 0) is 0 Å². The summed E-state index contributed by atoms with van der Waals surface area (Å²) in [6, 6.07) is 1.85. The zero-order chi connectivity index (χ0) is 10.3. The minimum absolute atomic E-state index is 0.165. The maximum Gasteiger partial charge on any atom is 0.348 e. The molecular formula is C9H8N2O2S. The third-order valence-corrected chi connectivity index (χ3v) is 3.03. The van der Waals surface area contributed by atoms with Gasteiger partial charge in [-0.3, -0.25) is 0 Å². The van der Waals surface area contributed by atoms with E-state index in [0.29, 0.717) is 10.5 Å². The van der Waals surface area contributed by atoms with Crippen molar-refractivity contribution in [2.45, 2.75) is 6.92 Å². The van der Waals surface area contributed by atoms with E-state index in [1.807, 2.05) is 13.0 Å². The number of carboxylic acids is 1. The number of aryl methyl sites for hydroxylation is 1. The Labute approximate surface area is 84.0 Å². The number of pyridine rings is 1. The van der Waals surface area contributed by atoms with Gasteiger partial charge in [0, 0.05) is 11.6 Å². The molecule has 4 nitrogen and oxygen atoms in total. The molecular weight excluding hydrogens is 200 g/mol. The molecule has 0 amide bonds. The Morgan fingerprint density at radius 2 is 2.36 bits per heavy atom. The van der Waals surface area contributed by atoms with E-state index in [9.17, 15) is 4.79 Å². The van der Waals surface area contributed by atoms with Crippen LogP contribution in [0.15, 0.2) is 12.3 Å². The van der Waals surface area contributed by atoms with Crippen LogP contribution >= 0.6 is 11.3 Å². The van der Waals surface area contributed by atoms with Gasteiger partial charge in [0.2, 0.25) is 0 Å². The minimum Gasteiger partial charge on any atom is -0.477 e. The van der Waals surface area contributed by atoms with Crippen molar-refractivity contribution in [3.8, 4) is 0 Å². The smallest absolute Gasteiger partial charge is 0.348 e. The summed E-state index contributed by atoms with van der Waals surface area (Å²) in [5.74, 6) is -0.997. The van der Waals surface area contributed by atoms with E-state index in [1.165, 1.54) is 0 Å². The highest BCUT2D eigenvalue weighted by atomic mass is 32.1. The second-order valence-electron chi connectivity index (χ2n) is 3.02. The van der Waals surface area contributed by atoms with Crippen molar-refractivity contribution in [2.75, 3.05) is 5.73 Å². The number of aromatic nitrogens is 1. The van der Waals surface area contributed by atoms with Crippen molar-refractivity contribution in [2.24, 2.45) is 0 Å². The van der Waals surface area contributed by atoms with Gasteiger partial charge in [-0.05, 0) is 18.6 Å². The van der Waals surface area contributed by atoms with E-state index < -0.39 is 5.97 Å². The summed E-state index contributed by atoms with van der Waals surface area (Å²) < 4.78 is 0. The fraction of sp³-hybridized carbons (Fsp3) is 0.111. The van der Waals surface area contributed by atoms with Crippen molar-refractivity contribution in [1.82, 2.24) is 4.98 Å². The van der Waals surface area contributed by atoms with Crippen LogP contribution in [0.3, 0.4) is 0 Å². The van der Waals surface area contributed by atoms with Gasteiger partial charge in [-0.2, -0.15) is 0 Å². The van der Waals surface area contributed by atoms with Gasteiger partial charge in [0.15, 0.2) is 0 Å². The van der Waals surface area contributed by atoms with Crippen LogP contribution in [0, 0.1) is 6.92 Å². The molecule has 0 aromatic carbocycles. The van der Waals surface area contributed by atoms with Crippen LogP contribution in [-0.4, -0.2) is 16.1 Å². The van der Waals surface area contributed by atoms with Crippen LogP contribution < -0.4 is 5.73 Å². The van der Waals surface area contributed by atoms with E-state index in [4.69, 9.17) is 10.8 Å². The molecule has 0 saturated heterocycles. The predicted octanol–water partition coefficient (Wildman–Crippen LogP) is 1.89. The summed E-state index contributed by atoms with van der Waals surface area (Å²) in [6.07, 6.45) is 1.70. The second kappa shape index (κ2) is 2.95. The van der Waals surface area contributed by atoms with Crippen molar-refractivity contribution < 1.29 is 9.90 Å². The number of aromatic carboxylic acids is 1. The standard InChI is InChI=1S/C9H8N2O2S/c1-4-2-5-6(10)7(9(12)13)14-8(5)11-3-4/h2-3H,10H2,1H3,(H,12,13). The Balaban J connectivity index is 2.80. The number of hydrogen-bond acceptors (Lipinski definition) is 4. The Kier molecular flexibility index (Phi) is 1.89. The molecule has 0 radical (unpaired) electrons. The molecule has 2 aromatic rings. The van der Waals surface area contributed by atoms with E-state index in [-0.39, 0.29) is 4.88 Å². The Bertz CT molecular complexity index is 519. The lowest BCUT2D eigenvalue weighted by atomic mass is 10.2. The van der Waals surface area contributed by atoms with Crippen molar-refractivity contribution >= 4 is 33.2 Å². The maximum absolute atomic E-state index is 10.8. The molecule has 14 heavy (non-hydrogen) atoms. The lowest BCUT2D eigenvalue weighted by Crippen LogP contribution is -1.97. The summed E-state index contributed by atoms with van der Waals surface area (Å²) >= 11 is 1.11. The molecule has 0 saturated carbocycles. The van der Waals surface area contributed by atoms with Gasteiger partial charge in [0.1, 0.15) is 9.71 Å². The van der Waals surface area contributed by atoms with Crippen LogP contribution in [0.4, 0.5) is 5.69 Å². The highest BCUT2D eigenvalue weighted by Gasteiger charge is 2.15. The van der Waals surface area contributed by atoms with Gasteiger partial charge < -0.3 is 10.8 Å². The molecule has 2 heterocycles. The van der Waals surface area contributed by atoms with Crippen LogP contribution in [0.25, 0.3) is 10.2 Å². The van der Waals surface area contributed by atoms with E-state index in [1.54, 1.807) is 6.20 Å². The molecule has 0 bridgehead atoms. The average molecular weight is 208 g/mol. The SMILES string of the molecule is Cc1cnc2sc(C(=O)O)c(N)c2c1. The number of rotatable bonds is 1. The Morgan fingerprint density at radius 3 is 3.00 bits per heavy atom. The number of fused-ring (bicyclic) bond motifs is 1. The molecule has 0 aliphatic rings. The highest BCUT2D eigenvalue weighted by Crippen LogP contribution is 2.32. The van der Waals surface area contributed by atoms with Gasteiger partial charge in [0.05, 0.1) is 5.69 Å². The quantitative estimate of drug-likeness (QED) is 0.750. The molecule has 0 aliphatic carbocycles. The summed E-state index contributed by atoms with van der Waals surface area (Å²) in [4.78, 5) is 15.7. The molecule has 2 rings (SSSR count). The first-order valence-corrected chi connectivity index (χ1v) is 4.79. The Hall–Kier alpha value is -1.62. The van der Waals surface area contributed by atoms with E-state index in [2.05, 4.69) is 4.98 Å². The van der Waals surface area contributed by atoms with Crippen LogP contribution in [0.5, 0.6) is 0 Å². The molecule has 2 aromatic heterocycles. The van der Waals surface area contributed by atoms with Crippen molar-refractivity contribution in [3.63, 3.8) is 0 Å². The molecule has 0 atom stereocenters. The molecule has 0 fully saturated rings. The first-order chi connectivity index (χ1) is 6.59. The lowest BCUT2D eigenvalue weighted by molar-refractivity contribution is 0.0703. The molecule has 72 valence electrons. The normalized spacial score (nSPS) is 10.6. The van der Waals surface area contributed by atoms with E-state index >= 15 is 0 Å². The zero-order valence-electron chi connectivity index (χ0n) is 7.44. The van der Waals surface area contributed by atoms with Crippen LogP contribution in [0.2, 0.25) is 0 Å². The van der Waals surface area contributed by atoms with E-state index in [0.717, 1.165) is 22.3 Å². The van der Waals surface area contributed by atoms with Gasteiger partial charge >= 0.3 is 5.97 Å². The number of carboxylic acid groups (broad SMARTS) is 1. The molecule has 0 spiro atoms. The number of nitrogen functional groups attached to an aromatic ring is 1. The van der Waals surface area contributed by atoms with Gasteiger partial charge in [-0.25, -0.2) is 9.78 Å². The van der Waals surface area contributed by atoms with Crippen LogP contribution in [0.1, 0.15) is 15.2 Å². The Morgan fingerprint density at radius 1 is 1.64 bits per heavy atom. The topological polar surface area (TPSA) is 76.2 Å². The maximum atomic E-state index is 10.8. The summed E-state index contributed by atoms with van der Waals surface area (Å²) in [7, 11) is 0. The number of thiophene rings is 1. The summed E-state index contributed by atoms with van der Waals surface area (Å²) in [6.45, 7) is 1.89. The number of anilines is 1. The summed E-state index contributed by atoms with van der Waals surface area (Å²) in [5.41, 5.74) is 6.98. The number of nitrogens with zero attached hydrogens (tertiary/aromatic N) is 1. The number of nitrogens with two attached hydrogens (primary N) is 1. The zero-order valence-corrected chi connectivity index (χ0v) is 8.26. The minimum atomic E-state index is -0.997. The fourth-order valence-electron chi connectivity index (χ4n) is 1.26.